The van der Waals surface area contributed by atoms with E-state index in [9.17, 15) is 27.7 Å². The SMILES string of the molecule is O=C1Nc2ccc(S(=O)(=O)NCC(F)c3ccc([N+](=O)[O-])cc3)c3cccc1c23. The first-order valence-electron chi connectivity index (χ1n) is 8.53. The molecule has 0 bridgehead atoms. The molecule has 8 nitrogen and oxygen atoms in total. The fourth-order valence-corrected chi connectivity index (χ4v) is 4.51. The summed E-state index contributed by atoms with van der Waals surface area (Å²) in [5.74, 6) is -0.310. The summed E-state index contributed by atoms with van der Waals surface area (Å²) in [6, 6.07) is 12.4. The maximum Gasteiger partial charge on any atom is 0.269 e. The summed E-state index contributed by atoms with van der Waals surface area (Å²) in [5.41, 5.74) is 0.837. The molecule has 3 aromatic rings. The summed E-state index contributed by atoms with van der Waals surface area (Å²) in [5, 5.41) is 14.2. The smallest absolute Gasteiger partial charge is 0.269 e. The van der Waals surface area contributed by atoms with E-state index in [-0.39, 0.29) is 22.1 Å². The standard InChI is InChI=1S/C19H14FN3O5S/c20-15(11-4-6-12(7-5-11)23(25)26)10-21-29(27,28)17-9-8-16-18-13(17)2-1-3-14(18)19(24)22-16/h1-9,15,21H,10H2,(H,22,24). The summed E-state index contributed by atoms with van der Waals surface area (Å²) in [7, 11) is -4.07. The fourth-order valence-electron chi connectivity index (χ4n) is 3.28. The molecule has 0 saturated carbocycles. The van der Waals surface area contributed by atoms with Crippen LogP contribution in [0.3, 0.4) is 0 Å². The lowest BCUT2D eigenvalue weighted by atomic mass is 10.1. The second-order valence-corrected chi connectivity index (χ2v) is 8.20. The minimum atomic E-state index is -4.07. The van der Waals surface area contributed by atoms with Crippen LogP contribution in [-0.2, 0) is 10.0 Å². The number of rotatable bonds is 6. The van der Waals surface area contributed by atoms with Crippen molar-refractivity contribution >= 4 is 38.1 Å². The van der Waals surface area contributed by atoms with Crippen molar-refractivity contribution in [1.82, 2.24) is 4.72 Å². The Bertz CT molecular complexity index is 1260. The number of amides is 1. The van der Waals surface area contributed by atoms with Crippen molar-refractivity contribution < 1.29 is 22.5 Å². The number of hydrogen-bond donors (Lipinski definition) is 2. The quantitative estimate of drug-likeness (QED) is 0.473. The molecule has 1 amide bonds. The summed E-state index contributed by atoms with van der Waals surface area (Å²) in [6.45, 7) is -0.541. The van der Waals surface area contributed by atoms with E-state index in [0.717, 1.165) is 12.1 Å². The molecule has 2 N–H and O–H groups in total. The third-order valence-corrected chi connectivity index (χ3v) is 6.18. The molecule has 1 aliphatic heterocycles. The van der Waals surface area contributed by atoms with E-state index in [0.29, 0.717) is 22.0 Å². The largest absolute Gasteiger partial charge is 0.321 e. The average Bonchev–Trinajstić information content (AvgIpc) is 3.04. The topological polar surface area (TPSA) is 118 Å². The van der Waals surface area contributed by atoms with E-state index in [2.05, 4.69) is 10.0 Å². The number of benzene rings is 3. The second-order valence-electron chi connectivity index (χ2n) is 6.46. The van der Waals surface area contributed by atoms with E-state index >= 15 is 0 Å². The zero-order valence-corrected chi connectivity index (χ0v) is 15.6. The molecule has 0 saturated heterocycles. The molecular weight excluding hydrogens is 401 g/mol. The first kappa shape index (κ1) is 19.0. The Morgan fingerprint density at radius 2 is 1.83 bits per heavy atom. The Labute approximate surface area is 164 Å². The van der Waals surface area contributed by atoms with Gasteiger partial charge in [-0.15, -0.1) is 0 Å². The number of anilines is 1. The van der Waals surface area contributed by atoms with Gasteiger partial charge in [0, 0.05) is 40.7 Å². The van der Waals surface area contributed by atoms with Crippen molar-refractivity contribution in [2.75, 3.05) is 11.9 Å². The average molecular weight is 415 g/mol. The maximum absolute atomic E-state index is 14.5. The number of non-ortho nitro benzene ring substituents is 1. The first-order valence-corrected chi connectivity index (χ1v) is 10.0. The molecule has 29 heavy (non-hydrogen) atoms. The van der Waals surface area contributed by atoms with Crippen LogP contribution in [0, 0.1) is 10.1 Å². The Hall–Kier alpha value is -3.37. The van der Waals surface area contributed by atoms with Gasteiger partial charge in [0.05, 0.1) is 9.82 Å². The van der Waals surface area contributed by atoms with Gasteiger partial charge in [0.1, 0.15) is 6.17 Å². The zero-order valence-electron chi connectivity index (χ0n) is 14.8. The molecule has 4 rings (SSSR count). The Kier molecular flexibility index (Phi) is 4.52. The van der Waals surface area contributed by atoms with Crippen LogP contribution in [0.15, 0.2) is 59.5 Å². The number of nitrogens with one attached hydrogen (secondary N) is 2. The molecule has 1 heterocycles. The maximum atomic E-state index is 14.5. The molecule has 1 atom stereocenters. The van der Waals surface area contributed by atoms with Crippen LogP contribution >= 0.6 is 0 Å². The molecular formula is C19H14FN3O5S. The number of carbonyl (C=O) groups is 1. The number of carbonyl (C=O) groups excluding carboxylic acids is 1. The van der Waals surface area contributed by atoms with Crippen LogP contribution in [0.1, 0.15) is 22.1 Å². The summed E-state index contributed by atoms with van der Waals surface area (Å²) < 4.78 is 42.3. The highest BCUT2D eigenvalue weighted by molar-refractivity contribution is 7.89. The predicted molar refractivity (Wildman–Crippen MR) is 104 cm³/mol. The predicted octanol–water partition coefficient (Wildman–Crippen LogP) is 3.30. The minimum absolute atomic E-state index is 0.0644. The summed E-state index contributed by atoms with van der Waals surface area (Å²) in [6.07, 6.45) is -1.69. The number of nitrogens with zero attached hydrogens (tertiary/aromatic N) is 1. The highest BCUT2D eigenvalue weighted by atomic mass is 32.2. The Morgan fingerprint density at radius 3 is 2.52 bits per heavy atom. The molecule has 3 aromatic carbocycles. The number of sulfonamides is 1. The lowest BCUT2D eigenvalue weighted by molar-refractivity contribution is -0.384. The zero-order chi connectivity index (χ0) is 20.8. The van der Waals surface area contributed by atoms with E-state index in [4.69, 9.17) is 0 Å². The van der Waals surface area contributed by atoms with Gasteiger partial charge in [-0.3, -0.25) is 14.9 Å². The molecule has 0 aliphatic carbocycles. The third-order valence-electron chi connectivity index (χ3n) is 4.70. The van der Waals surface area contributed by atoms with E-state index in [1.807, 2.05) is 0 Å². The van der Waals surface area contributed by atoms with Crippen molar-refractivity contribution in [2.24, 2.45) is 0 Å². The summed E-state index contributed by atoms with van der Waals surface area (Å²) in [4.78, 5) is 22.0. The van der Waals surface area contributed by atoms with Gasteiger partial charge in [-0.2, -0.15) is 0 Å². The van der Waals surface area contributed by atoms with Crippen molar-refractivity contribution in [3.05, 3.63) is 75.8 Å². The summed E-state index contributed by atoms with van der Waals surface area (Å²) >= 11 is 0. The molecule has 10 heteroatoms. The highest BCUT2D eigenvalue weighted by Crippen LogP contribution is 2.36. The number of hydrogen-bond acceptors (Lipinski definition) is 5. The second kappa shape index (κ2) is 6.90. The van der Waals surface area contributed by atoms with E-state index in [1.54, 1.807) is 18.2 Å². The van der Waals surface area contributed by atoms with Gasteiger partial charge in [-0.05, 0) is 35.9 Å². The Morgan fingerprint density at radius 1 is 1.10 bits per heavy atom. The monoisotopic (exact) mass is 415 g/mol. The number of nitro groups is 1. The fraction of sp³-hybridized carbons (Fsp3) is 0.105. The molecule has 0 spiro atoms. The lowest BCUT2D eigenvalue weighted by Gasteiger charge is -2.13. The van der Waals surface area contributed by atoms with Crippen LogP contribution in [0.25, 0.3) is 10.8 Å². The number of alkyl halides is 1. The normalized spacial score (nSPS) is 14.0. The van der Waals surface area contributed by atoms with E-state index < -0.39 is 27.7 Å². The first-order chi connectivity index (χ1) is 13.8. The van der Waals surface area contributed by atoms with Gasteiger partial charge in [0.25, 0.3) is 11.6 Å². The van der Waals surface area contributed by atoms with E-state index in [1.165, 1.54) is 24.3 Å². The third kappa shape index (κ3) is 3.32. The van der Waals surface area contributed by atoms with Gasteiger partial charge in [0.15, 0.2) is 0 Å². The van der Waals surface area contributed by atoms with Crippen molar-refractivity contribution in [2.45, 2.75) is 11.1 Å². The minimum Gasteiger partial charge on any atom is -0.321 e. The van der Waals surface area contributed by atoms with Crippen LogP contribution < -0.4 is 10.0 Å². The molecule has 0 radical (unpaired) electrons. The number of halogens is 1. The van der Waals surface area contributed by atoms with Gasteiger partial charge in [0.2, 0.25) is 10.0 Å². The molecule has 1 aliphatic rings. The van der Waals surface area contributed by atoms with Crippen LogP contribution in [-0.4, -0.2) is 25.8 Å². The molecule has 0 fully saturated rings. The van der Waals surface area contributed by atoms with Gasteiger partial charge in [-0.25, -0.2) is 17.5 Å². The Balaban J connectivity index is 1.59. The lowest BCUT2D eigenvalue weighted by Crippen LogP contribution is -2.27. The van der Waals surface area contributed by atoms with Gasteiger partial charge >= 0.3 is 0 Å². The van der Waals surface area contributed by atoms with Crippen LogP contribution in [0.2, 0.25) is 0 Å². The molecule has 0 aromatic heterocycles. The van der Waals surface area contributed by atoms with Crippen molar-refractivity contribution in [3.63, 3.8) is 0 Å². The molecule has 1 unspecified atom stereocenters. The molecule has 148 valence electrons. The van der Waals surface area contributed by atoms with Crippen LogP contribution in [0.4, 0.5) is 15.8 Å². The van der Waals surface area contributed by atoms with Crippen molar-refractivity contribution in [1.29, 1.82) is 0 Å². The number of nitro benzene ring substituents is 1. The van der Waals surface area contributed by atoms with Crippen LogP contribution in [0.5, 0.6) is 0 Å². The van der Waals surface area contributed by atoms with Gasteiger partial charge < -0.3 is 5.32 Å². The highest BCUT2D eigenvalue weighted by Gasteiger charge is 2.26. The van der Waals surface area contributed by atoms with Gasteiger partial charge in [-0.1, -0.05) is 12.1 Å². The van der Waals surface area contributed by atoms with Crippen molar-refractivity contribution in [3.8, 4) is 0 Å².